The molecule has 1 fully saturated rings. The van der Waals surface area contributed by atoms with Crippen LogP contribution in [0.1, 0.15) is 50.8 Å². The number of piperidine rings is 1. The van der Waals surface area contributed by atoms with Crippen LogP contribution in [0.25, 0.3) is 11.2 Å². The molecule has 2 aliphatic rings. The van der Waals surface area contributed by atoms with Crippen molar-refractivity contribution in [2.24, 2.45) is 5.92 Å². The number of carbonyl (C=O) groups is 1. The summed E-state index contributed by atoms with van der Waals surface area (Å²) < 4.78 is 4.99. The molecule has 0 aromatic carbocycles. The Kier molecular flexibility index (Phi) is 9.50. The third-order valence-corrected chi connectivity index (χ3v) is 6.21. The van der Waals surface area contributed by atoms with Gasteiger partial charge in [0.25, 0.3) is 5.56 Å². The van der Waals surface area contributed by atoms with E-state index in [-0.39, 0.29) is 58.2 Å². The van der Waals surface area contributed by atoms with Crippen molar-refractivity contribution in [3.8, 4) is 0 Å². The zero-order valence-electron chi connectivity index (χ0n) is 17.5. The summed E-state index contributed by atoms with van der Waals surface area (Å²) in [6, 6.07) is 0. The molecule has 4 rings (SSSR count). The fraction of sp³-hybridized carbons (Fsp3) is 0.700. The van der Waals surface area contributed by atoms with Crippen LogP contribution in [0.4, 0.5) is 0 Å². The molecule has 11 heteroatoms. The zero-order valence-corrected chi connectivity index (χ0v) is 21.0. The van der Waals surface area contributed by atoms with E-state index in [1.165, 1.54) is 17.4 Å². The zero-order chi connectivity index (χ0) is 20.4. The molecule has 31 heavy (non-hydrogen) atoms. The average molecular weight is 565 g/mol. The summed E-state index contributed by atoms with van der Waals surface area (Å²) in [6.07, 6.45) is 6.04. The van der Waals surface area contributed by atoms with Gasteiger partial charge in [-0.3, -0.25) is 18.7 Å². The van der Waals surface area contributed by atoms with Gasteiger partial charge < -0.3 is 15.0 Å². The Morgan fingerprint density at radius 3 is 2.52 bits per heavy atom. The van der Waals surface area contributed by atoms with Crippen molar-refractivity contribution in [1.29, 1.82) is 0 Å². The fourth-order valence-electron chi connectivity index (χ4n) is 4.62. The summed E-state index contributed by atoms with van der Waals surface area (Å²) in [6.45, 7) is 3.74. The Bertz CT molecular complexity index is 1020. The van der Waals surface area contributed by atoms with E-state index in [1.807, 2.05) is 0 Å². The highest BCUT2D eigenvalue weighted by atomic mass is 79.9. The minimum absolute atomic E-state index is 0. The highest BCUT2D eigenvalue weighted by molar-refractivity contribution is 8.93. The van der Waals surface area contributed by atoms with Gasteiger partial charge in [0.2, 0.25) is 0 Å². The van der Waals surface area contributed by atoms with Crippen LogP contribution in [0.3, 0.4) is 0 Å². The molecule has 0 atom stereocenters. The molecule has 0 radical (unpaired) electrons. The molecule has 174 valence electrons. The number of carboxylic acid groups (broad SMARTS) is 1. The van der Waals surface area contributed by atoms with E-state index in [0.29, 0.717) is 36.5 Å². The van der Waals surface area contributed by atoms with E-state index in [1.54, 1.807) is 4.57 Å². The van der Waals surface area contributed by atoms with Crippen LogP contribution >= 0.6 is 34.0 Å². The van der Waals surface area contributed by atoms with Gasteiger partial charge in [0.1, 0.15) is 11.5 Å². The SMILES string of the molecule is Br.Br.O=C(O)CCCCn1c(=O)c2nc(CCC3CCNCC3)n3c2n(c1=O)CCC3. The van der Waals surface area contributed by atoms with Crippen molar-refractivity contribution in [3.63, 3.8) is 0 Å². The van der Waals surface area contributed by atoms with Crippen molar-refractivity contribution in [3.05, 3.63) is 26.7 Å². The number of nitrogens with zero attached hydrogens (tertiary/aromatic N) is 4. The maximum absolute atomic E-state index is 13.0. The lowest BCUT2D eigenvalue weighted by molar-refractivity contribution is -0.137. The van der Waals surface area contributed by atoms with Gasteiger partial charge in [-0.05, 0) is 57.5 Å². The number of hydrogen-bond donors (Lipinski definition) is 2. The molecule has 2 aromatic heterocycles. The monoisotopic (exact) mass is 563 g/mol. The second-order valence-corrected chi connectivity index (χ2v) is 8.18. The summed E-state index contributed by atoms with van der Waals surface area (Å²) >= 11 is 0. The van der Waals surface area contributed by atoms with Crippen LogP contribution in [0.15, 0.2) is 9.59 Å². The summed E-state index contributed by atoms with van der Waals surface area (Å²) in [7, 11) is 0. The van der Waals surface area contributed by atoms with Crippen LogP contribution in [-0.2, 0) is 30.8 Å². The number of aliphatic carboxylic acids is 1. The first kappa shape index (κ1) is 25.8. The van der Waals surface area contributed by atoms with Gasteiger partial charge in [0.15, 0.2) is 5.52 Å². The predicted octanol–water partition coefficient (Wildman–Crippen LogP) is 2.11. The standard InChI is InChI=1S/C20H29N5O4.2BrH/c26-16(27)4-1-2-11-25-19(28)17-18-23(12-3-13-24(18)20(25)29)15(22-17)6-5-14-7-9-21-10-8-14;;/h14,21H,1-13H2,(H,26,27);2*1H. The molecule has 0 saturated carbocycles. The molecule has 2 N–H and O–H groups in total. The van der Waals surface area contributed by atoms with E-state index >= 15 is 0 Å². The average Bonchev–Trinajstić information content (AvgIpc) is 3.10. The van der Waals surface area contributed by atoms with Gasteiger partial charge in [-0.25, -0.2) is 9.78 Å². The van der Waals surface area contributed by atoms with Gasteiger partial charge in [-0.1, -0.05) is 0 Å². The second kappa shape index (κ2) is 11.4. The minimum Gasteiger partial charge on any atom is -0.481 e. The van der Waals surface area contributed by atoms with Crippen LogP contribution in [0, 0.1) is 5.92 Å². The van der Waals surface area contributed by atoms with Gasteiger partial charge in [0.05, 0.1) is 0 Å². The van der Waals surface area contributed by atoms with E-state index in [4.69, 9.17) is 5.11 Å². The fourth-order valence-corrected chi connectivity index (χ4v) is 4.62. The molecule has 0 spiro atoms. The van der Waals surface area contributed by atoms with Crippen molar-refractivity contribution in [1.82, 2.24) is 24.0 Å². The van der Waals surface area contributed by atoms with Crippen molar-refractivity contribution in [2.45, 2.75) is 71.0 Å². The van der Waals surface area contributed by atoms with Gasteiger partial charge in [-0.15, -0.1) is 34.0 Å². The number of aromatic nitrogens is 4. The Hall–Kier alpha value is -1.46. The molecule has 0 aliphatic carbocycles. The highest BCUT2D eigenvalue weighted by Crippen LogP contribution is 2.22. The lowest BCUT2D eigenvalue weighted by Gasteiger charge is -2.23. The number of nitrogens with one attached hydrogen (secondary N) is 1. The molecule has 9 nitrogen and oxygen atoms in total. The molecule has 2 aliphatic heterocycles. The Balaban J connectivity index is 0.00000171. The Morgan fingerprint density at radius 1 is 1.10 bits per heavy atom. The number of imidazole rings is 1. The summed E-state index contributed by atoms with van der Waals surface area (Å²) in [5, 5.41) is 12.2. The summed E-state index contributed by atoms with van der Waals surface area (Å²) in [5.74, 6) is 0.726. The quantitative estimate of drug-likeness (QED) is 0.475. The molecule has 2 aromatic rings. The van der Waals surface area contributed by atoms with Crippen molar-refractivity contribution < 1.29 is 9.90 Å². The third-order valence-electron chi connectivity index (χ3n) is 6.21. The van der Waals surface area contributed by atoms with E-state index in [9.17, 15) is 14.4 Å². The normalized spacial score (nSPS) is 16.0. The van der Waals surface area contributed by atoms with Gasteiger partial charge >= 0.3 is 11.7 Å². The smallest absolute Gasteiger partial charge is 0.332 e. The van der Waals surface area contributed by atoms with Crippen molar-refractivity contribution in [2.75, 3.05) is 13.1 Å². The van der Waals surface area contributed by atoms with Crippen LogP contribution in [0.5, 0.6) is 0 Å². The molecule has 0 amide bonds. The van der Waals surface area contributed by atoms with Crippen LogP contribution < -0.4 is 16.6 Å². The Morgan fingerprint density at radius 2 is 1.81 bits per heavy atom. The number of unbranched alkanes of at least 4 members (excludes halogenated alkanes) is 1. The molecule has 0 bridgehead atoms. The number of hydrogen-bond acceptors (Lipinski definition) is 5. The summed E-state index contributed by atoms with van der Waals surface area (Å²) in [4.78, 5) is 41.3. The largest absolute Gasteiger partial charge is 0.481 e. The van der Waals surface area contributed by atoms with Crippen molar-refractivity contribution >= 4 is 51.1 Å². The maximum atomic E-state index is 13.0. The third kappa shape index (κ3) is 5.48. The number of aryl methyl sites for hydroxylation is 3. The van der Waals surface area contributed by atoms with E-state index in [2.05, 4.69) is 14.9 Å². The molecule has 4 heterocycles. The molecule has 0 unspecified atom stereocenters. The summed E-state index contributed by atoms with van der Waals surface area (Å²) in [5.41, 5.74) is 0.389. The number of halogens is 2. The van der Waals surface area contributed by atoms with Crippen LogP contribution in [-0.4, -0.2) is 42.9 Å². The molecular formula is C20H31Br2N5O4. The van der Waals surface area contributed by atoms with E-state index < -0.39 is 5.97 Å². The lowest BCUT2D eigenvalue weighted by Crippen LogP contribution is -2.41. The van der Waals surface area contributed by atoms with Gasteiger partial charge in [-0.2, -0.15) is 0 Å². The predicted molar refractivity (Wildman–Crippen MR) is 129 cm³/mol. The second-order valence-electron chi connectivity index (χ2n) is 8.18. The topological polar surface area (TPSA) is 111 Å². The first-order valence-electron chi connectivity index (χ1n) is 10.7. The van der Waals surface area contributed by atoms with Gasteiger partial charge in [0, 0.05) is 32.5 Å². The molecule has 1 saturated heterocycles. The lowest BCUT2D eigenvalue weighted by atomic mass is 9.93. The first-order chi connectivity index (χ1) is 14.1. The Labute approximate surface area is 201 Å². The number of carboxylic acids is 1. The van der Waals surface area contributed by atoms with E-state index in [0.717, 1.165) is 44.7 Å². The minimum atomic E-state index is -0.864. The number of rotatable bonds is 8. The first-order valence-corrected chi connectivity index (χ1v) is 10.7. The molecular weight excluding hydrogens is 534 g/mol. The highest BCUT2D eigenvalue weighted by Gasteiger charge is 2.24. The maximum Gasteiger partial charge on any atom is 0.332 e. The van der Waals surface area contributed by atoms with Crippen LogP contribution in [0.2, 0.25) is 0 Å².